The summed E-state index contributed by atoms with van der Waals surface area (Å²) in [6.07, 6.45) is 0.00259. The molecule has 1 atom stereocenters. The highest BCUT2D eigenvalue weighted by Crippen LogP contribution is 2.04. The number of rotatable bonds is 6. The molecule has 5 heteroatoms. The molecule has 0 aromatic heterocycles. The van der Waals surface area contributed by atoms with E-state index in [2.05, 4.69) is 0 Å². The van der Waals surface area contributed by atoms with Gasteiger partial charge in [0.25, 0.3) is 0 Å². The van der Waals surface area contributed by atoms with Gasteiger partial charge in [0.1, 0.15) is 11.6 Å². The average molecular weight is 187 g/mol. The Morgan fingerprint density at radius 2 is 2.00 bits per heavy atom. The summed E-state index contributed by atoms with van der Waals surface area (Å²) in [5, 5.41) is 10.0. The molecule has 0 aliphatic rings. The van der Waals surface area contributed by atoms with Gasteiger partial charge in [-0.1, -0.05) is 6.92 Å². The minimum atomic E-state index is -0.453. The van der Waals surface area contributed by atoms with Crippen molar-refractivity contribution in [2.45, 2.75) is 26.7 Å². The molecule has 0 amide bonds. The van der Waals surface area contributed by atoms with Gasteiger partial charge >= 0.3 is 0 Å². The van der Waals surface area contributed by atoms with Gasteiger partial charge in [-0.05, 0) is 6.92 Å². The highest BCUT2D eigenvalue weighted by Gasteiger charge is 2.15. The number of Topliss-reactive ketones (excluding diaryl/α,β-unsaturated/α-hetero) is 2. The molecule has 0 fully saturated rings. The summed E-state index contributed by atoms with van der Waals surface area (Å²) in [6.45, 7) is 2.74. The maximum Gasteiger partial charge on any atom is 0.206 e. The third kappa shape index (κ3) is 7.11. The van der Waals surface area contributed by atoms with Crippen LogP contribution in [0.1, 0.15) is 26.7 Å². The Balaban J connectivity index is 3.78. The maximum absolute atomic E-state index is 11.0. The quantitative estimate of drug-likeness (QED) is 0.350. The summed E-state index contributed by atoms with van der Waals surface area (Å²) < 4.78 is 0. The lowest BCUT2D eigenvalue weighted by molar-refractivity contribution is -0.487. The Labute approximate surface area is 76.3 Å². The first-order valence-electron chi connectivity index (χ1n) is 4.04. The predicted molar refractivity (Wildman–Crippen MR) is 45.9 cm³/mol. The number of carbonyl (C=O) groups is 2. The van der Waals surface area contributed by atoms with Crippen molar-refractivity contribution in [1.82, 2.24) is 0 Å². The second kappa shape index (κ2) is 5.40. The third-order valence-electron chi connectivity index (χ3n) is 1.48. The zero-order valence-corrected chi connectivity index (χ0v) is 7.78. The van der Waals surface area contributed by atoms with Crippen molar-refractivity contribution in [1.29, 1.82) is 0 Å². The summed E-state index contributed by atoms with van der Waals surface area (Å²) in [5.74, 6) is -0.706. The topological polar surface area (TPSA) is 77.3 Å². The van der Waals surface area contributed by atoms with Gasteiger partial charge in [-0.25, -0.2) is 0 Å². The van der Waals surface area contributed by atoms with E-state index in [-0.39, 0.29) is 36.9 Å². The Bertz CT molecular complexity index is 224. The minimum absolute atomic E-state index is 0.109. The molecule has 0 aliphatic carbocycles. The van der Waals surface area contributed by atoms with Crippen LogP contribution >= 0.6 is 0 Å². The van der Waals surface area contributed by atoms with Gasteiger partial charge in [-0.3, -0.25) is 19.7 Å². The van der Waals surface area contributed by atoms with E-state index in [9.17, 15) is 19.7 Å². The largest absolute Gasteiger partial charge is 0.300 e. The van der Waals surface area contributed by atoms with Crippen LogP contribution in [0.3, 0.4) is 0 Å². The highest BCUT2D eigenvalue weighted by atomic mass is 16.6. The summed E-state index contributed by atoms with van der Waals surface area (Å²) in [5.41, 5.74) is 0. The van der Waals surface area contributed by atoms with E-state index in [1.807, 2.05) is 0 Å². The Morgan fingerprint density at radius 1 is 1.46 bits per heavy atom. The van der Waals surface area contributed by atoms with Crippen LogP contribution in [-0.2, 0) is 9.59 Å². The second-order valence-corrected chi connectivity index (χ2v) is 3.24. The molecule has 5 nitrogen and oxygen atoms in total. The van der Waals surface area contributed by atoms with Crippen LogP contribution in [0.4, 0.5) is 0 Å². The van der Waals surface area contributed by atoms with Crippen LogP contribution in [0.2, 0.25) is 0 Å². The molecule has 13 heavy (non-hydrogen) atoms. The van der Waals surface area contributed by atoms with Crippen LogP contribution < -0.4 is 0 Å². The maximum atomic E-state index is 11.0. The number of hydrogen-bond acceptors (Lipinski definition) is 4. The number of nitro groups is 1. The predicted octanol–water partition coefficient (Wildman–Crippen LogP) is 0.837. The van der Waals surface area contributed by atoms with Crippen LogP contribution in [0.5, 0.6) is 0 Å². The molecule has 0 aliphatic heterocycles. The molecule has 0 saturated heterocycles. The van der Waals surface area contributed by atoms with Crippen molar-refractivity contribution in [2.75, 3.05) is 6.54 Å². The molecule has 1 unspecified atom stereocenters. The van der Waals surface area contributed by atoms with E-state index < -0.39 is 4.92 Å². The lowest BCUT2D eigenvalue weighted by atomic mass is 10.0. The number of hydrogen-bond donors (Lipinski definition) is 0. The zero-order valence-electron chi connectivity index (χ0n) is 7.78. The normalized spacial score (nSPS) is 12.2. The number of carbonyl (C=O) groups excluding carboxylic acids is 2. The monoisotopic (exact) mass is 187 g/mol. The first-order chi connectivity index (χ1) is 5.91. The van der Waals surface area contributed by atoms with E-state index >= 15 is 0 Å². The number of ketones is 2. The fraction of sp³-hybridized carbons (Fsp3) is 0.750. The van der Waals surface area contributed by atoms with Crippen molar-refractivity contribution in [3.8, 4) is 0 Å². The van der Waals surface area contributed by atoms with E-state index in [0.29, 0.717) is 0 Å². The van der Waals surface area contributed by atoms with Gasteiger partial charge in [0.05, 0.1) is 6.42 Å². The van der Waals surface area contributed by atoms with E-state index in [1.165, 1.54) is 6.92 Å². The fourth-order valence-electron chi connectivity index (χ4n) is 1.06. The first-order valence-corrected chi connectivity index (χ1v) is 4.04. The van der Waals surface area contributed by atoms with Crippen LogP contribution in [-0.4, -0.2) is 23.0 Å². The van der Waals surface area contributed by atoms with Gasteiger partial charge in [0, 0.05) is 17.3 Å². The van der Waals surface area contributed by atoms with Crippen LogP contribution in [0.15, 0.2) is 0 Å². The minimum Gasteiger partial charge on any atom is -0.300 e. The Kier molecular flexibility index (Phi) is 4.87. The average Bonchev–Trinajstić information content (AvgIpc) is 1.80. The summed E-state index contributed by atoms with van der Waals surface area (Å²) in [6, 6.07) is 0. The van der Waals surface area contributed by atoms with Gasteiger partial charge in [0.15, 0.2) is 0 Å². The van der Waals surface area contributed by atoms with Crippen LogP contribution in [0, 0.1) is 16.0 Å². The van der Waals surface area contributed by atoms with E-state index in [1.54, 1.807) is 6.92 Å². The van der Waals surface area contributed by atoms with Crippen molar-refractivity contribution < 1.29 is 14.5 Å². The van der Waals surface area contributed by atoms with Gasteiger partial charge in [-0.2, -0.15) is 0 Å². The van der Waals surface area contributed by atoms with Crippen molar-refractivity contribution >= 4 is 11.6 Å². The Hall–Kier alpha value is -1.26. The molecular weight excluding hydrogens is 174 g/mol. The van der Waals surface area contributed by atoms with E-state index in [0.717, 1.165) is 0 Å². The molecule has 0 rings (SSSR count). The lowest BCUT2D eigenvalue weighted by Crippen LogP contribution is -2.16. The standard InChI is InChI=1S/C8H13NO4/c1-6(5-9(12)13)3-8(11)4-7(2)10/h6H,3-5H2,1-2H3. The molecule has 0 aromatic carbocycles. The second-order valence-electron chi connectivity index (χ2n) is 3.24. The summed E-state index contributed by atoms with van der Waals surface area (Å²) in [4.78, 5) is 31.1. The fourth-order valence-corrected chi connectivity index (χ4v) is 1.06. The van der Waals surface area contributed by atoms with Gasteiger partial charge in [0.2, 0.25) is 6.54 Å². The van der Waals surface area contributed by atoms with Crippen molar-refractivity contribution in [3.63, 3.8) is 0 Å². The third-order valence-corrected chi connectivity index (χ3v) is 1.48. The highest BCUT2D eigenvalue weighted by molar-refractivity contribution is 5.97. The Morgan fingerprint density at radius 3 is 2.38 bits per heavy atom. The molecular formula is C8H13NO4. The first kappa shape index (κ1) is 11.7. The lowest BCUT2D eigenvalue weighted by Gasteiger charge is -2.03. The molecule has 0 saturated carbocycles. The smallest absolute Gasteiger partial charge is 0.206 e. The van der Waals surface area contributed by atoms with E-state index in [4.69, 9.17) is 0 Å². The van der Waals surface area contributed by atoms with Gasteiger partial charge in [-0.15, -0.1) is 0 Å². The molecule has 0 bridgehead atoms. The number of nitrogens with zero attached hydrogens (tertiary/aromatic N) is 1. The van der Waals surface area contributed by atoms with Crippen molar-refractivity contribution in [2.24, 2.45) is 5.92 Å². The molecule has 0 radical (unpaired) electrons. The molecule has 0 spiro atoms. The van der Waals surface area contributed by atoms with Gasteiger partial charge < -0.3 is 0 Å². The zero-order chi connectivity index (χ0) is 10.4. The SMILES string of the molecule is CC(=O)CC(=O)CC(C)C[N+](=O)[O-]. The van der Waals surface area contributed by atoms with Crippen LogP contribution in [0.25, 0.3) is 0 Å². The summed E-state index contributed by atoms with van der Waals surface area (Å²) >= 11 is 0. The van der Waals surface area contributed by atoms with Crippen molar-refractivity contribution in [3.05, 3.63) is 10.1 Å². The molecule has 0 aromatic rings. The molecule has 74 valence electrons. The molecule has 0 N–H and O–H groups in total. The molecule has 0 heterocycles. The summed E-state index contributed by atoms with van der Waals surface area (Å²) in [7, 11) is 0.